The molecule has 1 rings (SSSR count). The third-order valence-corrected chi connectivity index (χ3v) is 2.36. The minimum atomic E-state index is 0.383. The highest BCUT2D eigenvalue weighted by atomic mass is 16.5. The minimum Gasteiger partial charge on any atom is -0.494 e. The lowest BCUT2D eigenvalue weighted by Crippen LogP contribution is -2.38. The number of rotatable bonds is 6. The number of hydrogen-bond acceptors (Lipinski definition) is 2. The summed E-state index contributed by atoms with van der Waals surface area (Å²) >= 11 is 0. The Kier molecular flexibility index (Phi) is 4.75. The van der Waals surface area contributed by atoms with E-state index in [1.54, 1.807) is 0 Å². The van der Waals surface area contributed by atoms with E-state index < -0.39 is 0 Å². The van der Waals surface area contributed by atoms with Crippen molar-refractivity contribution in [2.24, 2.45) is 0 Å². The zero-order chi connectivity index (χ0) is 11.1. The molecule has 0 saturated heterocycles. The van der Waals surface area contributed by atoms with Crippen LogP contribution in [0, 0.1) is 0 Å². The fourth-order valence-electron chi connectivity index (χ4n) is 1.63. The Bertz CT molecular complexity index is 268. The zero-order valence-electron chi connectivity index (χ0n) is 9.19. The summed E-state index contributed by atoms with van der Waals surface area (Å²) in [5.74, 6) is 0.979. The summed E-state index contributed by atoms with van der Waals surface area (Å²) in [5, 5.41) is 0. The first-order chi connectivity index (χ1) is 7.31. The van der Waals surface area contributed by atoms with Gasteiger partial charge in [0.05, 0.1) is 6.04 Å². The molecular formula is C13H19NO. The first kappa shape index (κ1) is 11.6. The molecule has 1 unspecified atom stereocenters. The molecule has 1 aliphatic heterocycles. The lowest BCUT2D eigenvalue weighted by atomic mass is 10.1. The molecule has 1 aliphatic rings. The summed E-state index contributed by atoms with van der Waals surface area (Å²) in [5.41, 5.74) is 0. The third-order valence-electron chi connectivity index (χ3n) is 2.36. The van der Waals surface area contributed by atoms with Crippen molar-refractivity contribution < 1.29 is 4.74 Å². The highest BCUT2D eigenvalue weighted by Crippen LogP contribution is 2.18. The van der Waals surface area contributed by atoms with Crippen molar-refractivity contribution in [3.8, 4) is 0 Å². The van der Waals surface area contributed by atoms with Gasteiger partial charge in [0.1, 0.15) is 12.4 Å². The van der Waals surface area contributed by atoms with Gasteiger partial charge in [-0.3, -0.25) is 0 Å². The van der Waals surface area contributed by atoms with Crippen molar-refractivity contribution in [1.82, 2.24) is 4.90 Å². The molecule has 82 valence electrons. The van der Waals surface area contributed by atoms with Crippen LogP contribution in [0.1, 0.15) is 12.8 Å². The number of nitrogens with zero attached hydrogens (tertiary/aromatic N) is 1. The van der Waals surface area contributed by atoms with E-state index in [9.17, 15) is 0 Å². The molecular weight excluding hydrogens is 186 g/mol. The molecule has 0 spiro atoms. The second-order valence-electron chi connectivity index (χ2n) is 3.56. The van der Waals surface area contributed by atoms with Crippen LogP contribution in [0.15, 0.2) is 49.9 Å². The molecule has 0 aromatic carbocycles. The van der Waals surface area contributed by atoms with Crippen LogP contribution in [0.2, 0.25) is 0 Å². The average molecular weight is 205 g/mol. The van der Waals surface area contributed by atoms with Crippen LogP contribution in [0.3, 0.4) is 0 Å². The van der Waals surface area contributed by atoms with Gasteiger partial charge in [-0.05, 0) is 6.42 Å². The molecule has 0 aromatic rings. The summed E-state index contributed by atoms with van der Waals surface area (Å²) in [4.78, 5) is 2.25. The fraction of sp³-hybridized carbons (Fsp3) is 0.385. The van der Waals surface area contributed by atoms with Gasteiger partial charge in [0.2, 0.25) is 0 Å². The molecule has 0 radical (unpaired) electrons. The lowest BCUT2D eigenvalue weighted by Gasteiger charge is -2.34. The summed E-state index contributed by atoms with van der Waals surface area (Å²) < 4.78 is 5.63. The molecule has 1 atom stereocenters. The van der Waals surface area contributed by atoms with Gasteiger partial charge < -0.3 is 9.64 Å². The molecule has 0 amide bonds. The van der Waals surface area contributed by atoms with E-state index >= 15 is 0 Å². The first-order valence-electron chi connectivity index (χ1n) is 5.23. The van der Waals surface area contributed by atoms with E-state index in [2.05, 4.69) is 30.8 Å². The molecule has 2 heteroatoms. The van der Waals surface area contributed by atoms with Gasteiger partial charge >= 0.3 is 0 Å². The molecule has 0 aromatic heterocycles. The molecule has 0 saturated carbocycles. The summed E-state index contributed by atoms with van der Waals surface area (Å²) in [6.07, 6.45) is 9.47. The summed E-state index contributed by atoms with van der Waals surface area (Å²) in [6, 6.07) is 0.383. The molecule has 15 heavy (non-hydrogen) atoms. The normalized spacial score (nSPS) is 20.1. The molecule has 0 bridgehead atoms. The minimum absolute atomic E-state index is 0.383. The van der Waals surface area contributed by atoms with Crippen LogP contribution in [0.4, 0.5) is 0 Å². The second kappa shape index (κ2) is 6.12. The van der Waals surface area contributed by atoms with Crippen molar-refractivity contribution in [2.75, 3.05) is 13.2 Å². The Morgan fingerprint density at radius 2 is 2.13 bits per heavy atom. The molecule has 0 N–H and O–H groups in total. The maximum absolute atomic E-state index is 5.63. The summed E-state index contributed by atoms with van der Waals surface area (Å²) in [7, 11) is 0. The molecule has 1 heterocycles. The van der Waals surface area contributed by atoms with E-state index in [0.29, 0.717) is 6.04 Å². The largest absolute Gasteiger partial charge is 0.494 e. The van der Waals surface area contributed by atoms with Crippen LogP contribution in [-0.2, 0) is 4.74 Å². The van der Waals surface area contributed by atoms with Crippen LogP contribution in [0.25, 0.3) is 0 Å². The highest BCUT2D eigenvalue weighted by Gasteiger charge is 2.19. The quantitative estimate of drug-likeness (QED) is 0.618. The van der Waals surface area contributed by atoms with E-state index in [4.69, 9.17) is 4.74 Å². The highest BCUT2D eigenvalue weighted by molar-refractivity contribution is 5.05. The van der Waals surface area contributed by atoms with Crippen molar-refractivity contribution >= 4 is 0 Å². The smallest absolute Gasteiger partial charge is 0.116 e. The second-order valence-corrected chi connectivity index (χ2v) is 3.56. The molecule has 2 nitrogen and oxygen atoms in total. The number of ether oxygens (including phenoxy) is 1. The zero-order valence-corrected chi connectivity index (χ0v) is 9.19. The lowest BCUT2D eigenvalue weighted by molar-refractivity contribution is 0.0947. The predicted octanol–water partition coefficient (Wildman–Crippen LogP) is 2.87. The number of allylic oxidation sites excluding steroid dienone is 1. The van der Waals surface area contributed by atoms with Crippen molar-refractivity contribution in [3.63, 3.8) is 0 Å². The predicted molar refractivity (Wildman–Crippen MR) is 64.4 cm³/mol. The average Bonchev–Trinajstić information content (AvgIpc) is 2.23. The first-order valence-corrected chi connectivity index (χ1v) is 5.23. The van der Waals surface area contributed by atoms with Gasteiger partial charge in [-0.2, -0.15) is 0 Å². The van der Waals surface area contributed by atoms with E-state index in [-0.39, 0.29) is 0 Å². The fourth-order valence-corrected chi connectivity index (χ4v) is 1.63. The Morgan fingerprint density at radius 1 is 1.33 bits per heavy atom. The Morgan fingerprint density at radius 3 is 2.73 bits per heavy atom. The van der Waals surface area contributed by atoms with Crippen LogP contribution >= 0.6 is 0 Å². The standard InChI is InChI=1S/C13H19NO/c1-4-7-12-11-15-13(8-5-2)10-14(12)9-6-3/h4-6,10,12H,1-3,7-9,11H2. The SMILES string of the molecule is C=CCC1=CN(CC=C)C(CC=C)CO1. The van der Waals surface area contributed by atoms with Crippen LogP contribution in [0.5, 0.6) is 0 Å². The maximum Gasteiger partial charge on any atom is 0.116 e. The van der Waals surface area contributed by atoms with Gasteiger partial charge in [-0.15, -0.1) is 19.7 Å². The summed E-state index contributed by atoms with van der Waals surface area (Å²) in [6.45, 7) is 12.8. The topological polar surface area (TPSA) is 12.5 Å². The van der Waals surface area contributed by atoms with Crippen LogP contribution in [-0.4, -0.2) is 24.1 Å². The van der Waals surface area contributed by atoms with Crippen LogP contribution < -0.4 is 0 Å². The Hall–Kier alpha value is -1.44. The van der Waals surface area contributed by atoms with Gasteiger partial charge in [-0.1, -0.05) is 18.2 Å². The molecule has 0 aliphatic carbocycles. The van der Waals surface area contributed by atoms with Gasteiger partial charge in [0.25, 0.3) is 0 Å². The van der Waals surface area contributed by atoms with Gasteiger partial charge in [-0.25, -0.2) is 0 Å². The molecule has 0 fully saturated rings. The van der Waals surface area contributed by atoms with Crippen molar-refractivity contribution in [2.45, 2.75) is 18.9 Å². The maximum atomic E-state index is 5.63. The van der Waals surface area contributed by atoms with E-state index in [1.165, 1.54) is 0 Å². The van der Waals surface area contributed by atoms with Crippen molar-refractivity contribution in [1.29, 1.82) is 0 Å². The number of hydrogen-bond donors (Lipinski definition) is 0. The van der Waals surface area contributed by atoms with Gasteiger partial charge in [0.15, 0.2) is 0 Å². The monoisotopic (exact) mass is 205 g/mol. The Labute approximate surface area is 92.2 Å². The van der Waals surface area contributed by atoms with E-state index in [1.807, 2.05) is 18.2 Å². The van der Waals surface area contributed by atoms with Crippen molar-refractivity contribution in [3.05, 3.63) is 49.9 Å². The van der Waals surface area contributed by atoms with Gasteiger partial charge in [0, 0.05) is 19.2 Å². The Balaban J connectivity index is 2.68. The van der Waals surface area contributed by atoms with E-state index in [0.717, 1.165) is 31.8 Å². The third kappa shape index (κ3) is 3.31.